The number of fused-ring (bicyclic) bond motifs is 1. The van der Waals surface area contributed by atoms with Crippen LogP contribution in [0.1, 0.15) is 5.56 Å². The minimum atomic E-state index is -3.22. The molecule has 1 fully saturated rings. The highest BCUT2D eigenvalue weighted by atomic mass is 79.9. The third kappa shape index (κ3) is 3.94. The number of aliphatic imine (C=N–C) groups is 1. The molecular weight excluding hydrogens is 494 g/mol. The number of rotatable bonds is 3. The van der Waals surface area contributed by atoms with Gasteiger partial charge in [0.15, 0.2) is 15.0 Å². The van der Waals surface area contributed by atoms with Crippen LogP contribution < -0.4 is 4.90 Å². The molecule has 4 nitrogen and oxygen atoms in total. The van der Waals surface area contributed by atoms with Crippen LogP contribution in [0.4, 0.5) is 14.5 Å². The molecule has 0 unspecified atom stereocenters. The minimum absolute atomic E-state index is 0.0479. The molecule has 2 heterocycles. The molecular formula is C18H14BrClF2N2O2S2. The third-order valence-corrected chi connectivity index (χ3v) is 8.21. The van der Waals surface area contributed by atoms with Gasteiger partial charge in [0.05, 0.1) is 29.3 Å². The van der Waals surface area contributed by atoms with Crippen molar-refractivity contribution in [1.29, 1.82) is 0 Å². The van der Waals surface area contributed by atoms with E-state index in [0.717, 1.165) is 5.56 Å². The predicted molar refractivity (Wildman–Crippen MR) is 113 cm³/mol. The Kier molecular flexibility index (Phi) is 5.45. The summed E-state index contributed by atoms with van der Waals surface area (Å²) in [4.78, 5) is 6.23. The summed E-state index contributed by atoms with van der Waals surface area (Å²) in [5.74, 6) is -0.604. The SMILES string of the molecule is O=S1(=O)C[C@@H]2[C@@H](C1)N=C(SCc1ccc(F)cc1Cl)N2c1ccc(Br)cc1F. The van der Waals surface area contributed by atoms with E-state index >= 15 is 0 Å². The fourth-order valence-electron chi connectivity index (χ4n) is 3.37. The molecule has 2 aliphatic heterocycles. The topological polar surface area (TPSA) is 49.7 Å². The maximum absolute atomic E-state index is 14.6. The van der Waals surface area contributed by atoms with Gasteiger partial charge in [0, 0.05) is 15.2 Å². The predicted octanol–water partition coefficient (Wildman–Crippen LogP) is 4.66. The van der Waals surface area contributed by atoms with Gasteiger partial charge in [-0.05, 0) is 35.9 Å². The van der Waals surface area contributed by atoms with E-state index in [-0.39, 0.29) is 17.2 Å². The quantitative estimate of drug-likeness (QED) is 0.607. The van der Waals surface area contributed by atoms with Gasteiger partial charge in [0.2, 0.25) is 0 Å². The smallest absolute Gasteiger partial charge is 0.164 e. The van der Waals surface area contributed by atoms with Gasteiger partial charge < -0.3 is 4.90 Å². The highest BCUT2D eigenvalue weighted by Crippen LogP contribution is 2.38. The standard InChI is InChI=1S/C18H14BrClF2N2O2S2/c19-11-2-4-16(14(22)5-11)24-17-9-28(25,26)8-15(17)23-18(24)27-7-10-1-3-12(21)6-13(10)20/h1-6,15,17H,7-9H2/t15-,17-/m1/s1. The maximum atomic E-state index is 14.6. The van der Waals surface area contributed by atoms with Gasteiger partial charge in [0.25, 0.3) is 0 Å². The van der Waals surface area contributed by atoms with E-state index in [1.54, 1.807) is 23.1 Å². The van der Waals surface area contributed by atoms with Gasteiger partial charge in [-0.1, -0.05) is 45.4 Å². The Labute approximate surface area is 179 Å². The van der Waals surface area contributed by atoms with Crippen molar-refractivity contribution in [3.63, 3.8) is 0 Å². The highest BCUT2D eigenvalue weighted by molar-refractivity contribution is 9.10. The van der Waals surface area contributed by atoms with E-state index in [9.17, 15) is 17.2 Å². The lowest BCUT2D eigenvalue weighted by molar-refractivity contribution is 0.600. The zero-order valence-corrected chi connectivity index (χ0v) is 18.3. The van der Waals surface area contributed by atoms with E-state index < -0.39 is 33.6 Å². The molecule has 28 heavy (non-hydrogen) atoms. The average molecular weight is 508 g/mol. The summed E-state index contributed by atoms with van der Waals surface area (Å²) in [6.45, 7) is 0. The van der Waals surface area contributed by atoms with Gasteiger partial charge in [-0.25, -0.2) is 17.2 Å². The number of thioether (sulfide) groups is 1. The summed E-state index contributed by atoms with van der Waals surface area (Å²) in [5, 5.41) is 0.835. The van der Waals surface area contributed by atoms with E-state index in [1.165, 1.54) is 30.0 Å². The molecule has 0 amide bonds. The van der Waals surface area contributed by atoms with Crippen LogP contribution in [0.15, 0.2) is 45.9 Å². The van der Waals surface area contributed by atoms with Crippen molar-refractivity contribution in [3.05, 3.63) is 63.1 Å². The normalized spacial score (nSPS) is 23.0. The summed E-state index contributed by atoms with van der Waals surface area (Å²) < 4.78 is 52.6. The van der Waals surface area contributed by atoms with Crippen molar-refractivity contribution < 1.29 is 17.2 Å². The highest BCUT2D eigenvalue weighted by Gasteiger charge is 2.47. The molecule has 0 saturated carbocycles. The molecule has 148 valence electrons. The number of hydrogen-bond acceptors (Lipinski definition) is 5. The molecule has 4 rings (SSSR count). The summed E-state index contributed by atoms with van der Waals surface area (Å²) >= 11 is 10.7. The molecule has 2 aliphatic rings. The van der Waals surface area contributed by atoms with Crippen LogP contribution in [0.25, 0.3) is 0 Å². The molecule has 0 bridgehead atoms. The van der Waals surface area contributed by atoms with Gasteiger partial charge in [-0.3, -0.25) is 4.99 Å². The van der Waals surface area contributed by atoms with Gasteiger partial charge >= 0.3 is 0 Å². The van der Waals surface area contributed by atoms with Crippen molar-refractivity contribution in [1.82, 2.24) is 0 Å². The minimum Gasteiger partial charge on any atom is -0.312 e. The fraction of sp³-hybridized carbons (Fsp3) is 0.278. The number of hydrogen-bond donors (Lipinski definition) is 0. The second-order valence-electron chi connectivity index (χ2n) is 6.61. The molecule has 1 saturated heterocycles. The Morgan fingerprint density at radius 1 is 1.21 bits per heavy atom. The van der Waals surface area contributed by atoms with Crippen molar-refractivity contribution in [2.24, 2.45) is 4.99 Å². The number of anilines is 1. The van der Waals surface area contributed by atoms with E-state index in [4.69, 9.17) is 11.6 Å². The Morgan fingerprint density at radius 2 is 2.00 bits per heavy atom. The second kappa shape index (κ2) is 7.59. The van der Waals surface area contributed by atoms with E-state index in [0.29, 0.717) is 20.4 Å². The summed E-state index contributed by atoms with van der Waals surface area (Å²) in [7, 11) is -3.22. The molecule has 2 aromatic carbocycles. The van der Waals surface area contributed by atoms with Crippen LogP contribution in [-0.2, 0) is 15.6 Å². The molecule has 10 heteroatoms. The first-order valence-corrected chi connectivity index (χ1v) is 12.3. The lowest BCUT2D eigenvalue weighted by Gasteiger charge is -2.27. The van der Waals surface area contributed by atoms with Crippen molar-refractivity contribution >= 4 is 60.0 Å². The largest absolute Gasteiger partial charge is 0.312 e. The lowest BCUT2D eigenvalue weighted by atomic mass is 10.1. The number of amidine groups is 1. The summed E-state index contributed by atoms with van der Waals surface area (Å²) in [5.41, 5.74) is 1.00. The molecule has 2 atom stereocenters. The van der Waals surface area contributed by atoms with Crippen LogP contribution >= 0.6 is 39.3 Å². The zero-order valence-electron chi connectivity index (χ0n) is 14.3. The first kappa shape index (κ1) is 20.1. The van der Waals surface area contributed by atoms with Crippen LogP contribution in [0.5, 0.6) is 0 Å². The Bertz CT molecular complexity index is 1080. The van der Waals surface area contributed by atoms with Crippen LogP contribution in [0.3, 0.4) is 0 Å². The van der Waals surface area contributed by atoms with Crippen molar-refractivity contribution in [3.8, 4) is 0 Å². The van der Waals surface area contributed by atoms with Crippen molar-refractivity contribution in [2.45, 2.75) is 17.8 Å². The first-order chi connectivity index (χ1) is 13.2. The van der Waals surface area contributed by atoms with Crippen LogP contribution in [0, 0.1) is 11.6 Å². The zero-order chi connectivity index (χ0) is 20.1. The fourth-order valence-corrected chi connectivity index (χ4v) is 6.98. The van der Waals surface area contributed by atoms with Gasteiger partial charge in [0.1, 0.15) is 11.6 Å². The molecule has 0 spiro atoms. The Hall–Kier alpha value is -1.16. The first-order valence-electron chi connectivity index (χ1n) is 8.33. The summed E-state index contributed by atoms with van der Waals surface area (Å²) in [6.07, 6.45) is 0. The Balaban J connectivity index is 1.65. The third-order valence-electron chi connectivity index (χ3n) is 4.65. The number of nitrogens with zero attached hydrogens (tertiary/aromatic N) is 2. The average Bonchev–Trinajstić information content (AvgIpc) is 3.06. The Morgan fingerprint density at radius 3 is 2.71 bits per heavy atom. The molecule has 2 aromatic rings. The van der Waals surface area contributed by atoms with Crippen molar-refractivity contribution in [2.75, 3.05) is 16.4 Å². The molecule has 0 radical (unpaired) electrons. The van der Waals surface area contributed by atoms with E-state index in [1.807, 2.05) is 0 Å². The second-order valence-corrected chi connectivity index (χ2v) is 11.0. The monoisotopic (exact) mass is 506 g/mol. The van der Waals surface area contributed by atoms with E-state index in [2.05, 4.69) is 20.9 Å². The number of sulfone groups is 1. The van der Waals surface area contributed by atoms with Gasteiger partial charge in [-0.15, -0.1) is 0 Å². The van der Waals surface area contributed by atoms with Crippen LogP contribution in [-0.4, -0.2) is 37.2 Å². The van der Waals surface area contributed by atoms with Crippen LogP contribution in [0.2, 0.25) is 5.02 Å². The maximum Gasteiger partial charge on any atom is 0.164 e. The molecule has 0 N–H and O–H groups in total. The lowest BCUT2D eigenvalue weighted by Crippen LogP contribution is -2.39. The number of benzene rings is 2. The summed E-state index contributed by atoms with van der Waals surface area (Å²) in [6, 6.07) is 7.93. The molecule has 0 aliphatic carbocycles. The van der Waals surface area contributed by atoms with Gasteiger partial charge in [-0.2, -0.15) is 0 Å². The molecule has 0 aromatic heterocycles. The number of halogens is 4.